The van der Waals surface area contributed by atoms with E-state index in [9.17, 15) is 10.2 Å². The average molecular weight is 1980 g/mol. The minimum absolute atomic E-state index is 0.135. The molecule has 7 aliphatic rings. The molecule has 7 N–H and O–H groups in total. The van der Waals surface area contributed by atoms with Gasteiger partial charge in [0.15, 0.2) is 17.5 Å². The van der Waals surface area contributed by atoms with Crippen molar-refractivity contribution in [3.05, 3.63) is 266 Å². The van der Waals surface area contributed by atoms with E-state index in [-0.39, 0.29) is 30.0 Å². The molecule has 7 fully saturated rings. The highest BCUT2D eigenvalue weighted by atomic mass is 16.5. The quantitative estimate of drug-likeness (QED) is 0.0265. The number of aryl methyl sites for hydroxylation is 3. The van der Waals surface area contributed by atoms with Gasteiger partial charge in [0.1, 0.15) is 59.2 Å². The van der Waals surface area contributed by atoms with Crippen LogP contribution in [0.1, 0.15) is 65.7 Å². The number of anilines is 8. The van der Waals surface area contributed by atoms with E-state index >= 15 is 0 Å². The summed E-state index contributed by atoms with van der Waals surface area (Å²) in [5, 5.41) is 52.3. The average Bonchev–Trinajstić information content (AvgIpc) is 1.63. The Labute approximate surface area is 844 Å². The number of pyridine rings is 1. The van der Waals surface area contributed by atoms with E-state index in [1.54, 1.807) is 50.6 Å². The van der Waals surface area contributed by atoms with Crippen LogP contribution in [0, 0.1) is 20.8 Å². The number of fused-ring (bicyclic) bond motifs is 1. The molecule has 12 aromatic heterocycles. The number of aromatic nitrogens is 23. The maximum atomic E-state index is 10.2. The molecule has 0 radical (unpaired) electrons. The number of rotatable bonds is 28. The Balaban J connectivity index is 0.000000116. The Morgan fingerprint density at radius 3 is 1.46 bits per heavy atom. The fourth-order valence-corrected chi connectivity index (χ4v) is 17.7. The van der Waals surface area contributed by atoms with Crippen molar-refractivity contribution in [2.45, 2.75) is 83.6 Å². The van der Waals surface area contributed by atoms with Crippen molar-refractivity contribution in [1.29, 1.82) is 0 Å². The van der Waals surface area contributed by atoms with Gasteiger partial charge in [0.05, 0.1) is 125 Å². The fourth-order valence-electron chi connectivity index (χ4n) is 17.7. The zero-order valence-corrected chi connectivity index (χ0v) is 82.1. The predicted molar refractivity (Wildman–Crippen MR) is 553 cm³/mol. The largest absolute Gasteiger partial charge is 0.497 e. The normalized spacial score (nSPS) is 16.8. The third-order valence-corrected chi connectivity index (χ3v) is 25.3. The summed E-state index contributed by atoms with van der Waals surface area (Å²) in [7, 11) is 1.65. The van der Waals surface area contributed by atoms with Gasteiger partial charge in [-0.1, -0.05) is 89.5 Å². The first-order valence-electron chi connectivity index (χ1n) is 49.4. The number of aromatic amines is 1. The number of nitrogen functional groups attached to an aromatic ring is 1. The van der Waals surface area contributed by atoms with Crippen molar-refractivity contribution in [1.82, 2.24) is 114 Å². The number of nitrogens with two attached hydrogens (primary N) is 1. The van der Waals surface area contributed by atoms with Crippen LogP contribution in [0.4, 0.5) is 46.7 Å². The molecule has 7 saturated heterocycles. The van der Waals surface area contributed by atoms with Crippen LogP contribution in [-0.2, 0) is 41.3 Å². The number of nitrogens with zero attached hydrogens (tertiary/aromatic N) is 27. The fraction of sp³-hybridized carbons (Fsp3) is 0.352. The smallest absolute Gasteiger partial charge is 0.319 e. The summed E-state index contributed by atoms with van der Waals surface area (Å²) in [5.41, 5.74) is 20.7. The third kappa shape index (κ3) is 26.1. The predicted octanol–water partition coefficient (Wildman–Crippen LogP) is 11.5. The molecular weight excluding hydrogens is 1860 g/mol. The molecule has 0 bridgehead atoms. The number of aliphatic hydroxyl groups excluding tert-OH is 2. The first-order valence-corrected chi connectivity index (χ1v) is 49.4. The van der Waals surface area contributed by atoms with E-state index < -0.39 is 12.7 Å². The number of morpholine rings is 4. The number of benzene rings is 4. The molecular formula is C105H119N31O10. The minimum Gasteiger partial charge on any atom is -0.497 e. The Morgan fingerprint density at radius 2 is 0.945 bits per heavy atom. The van der Waals surface area contributed by atoms with E-state index in [0.29, 0.717) is 95.5 Å². The number of ether oxygens (including phenoxy) is 8. The lowest BCUT2D eigenvalue weighted by Gasteiger charge is -2.28. The summed E-state index contributed by atoms with van der Waals surface area (Å²) >= 11 is 0. The van der Waals surface area contributed by atoms with E-state index in [1.165, 1.54) is 16.7 Å². The highest BCUT2D eigenvalue weighted by Gasteiger charge is 2.40. The second-order valence-electron chi connectivity index (χ2n) is 35.7. The number of hydrogen-bond donors (Lipinski definition) is 6. The van der Waals surface area contributed by atoms with Crippen molar-refractivity contribution in [2.75, 3.05) is 199 Å². The van der Waals surface area contributed by atoms with E-state index in [1.807, 2.05) is 158 Å². The molecule has 23 rings (SSSR count). The van der Waals surface area contributed by atoms with Gasteiger partial charge >= 0.3 is 6.01 Å². The molecule has 7 aliphatic heterocycles. The van der Waals surface area contributed by atoms with Crippen molar-refractivity contribution in [2.24, 2.45) is 0 Å². The molecule has 754 valence electrons. The third-order valence-electron chi connectivity index (χ3n) is 25.3. The molecule has 16 aromatic rings. The molecule has 146 heavy (non-hydrogen) atoms. The van der Waals surface area contributed by atoms with Gasteiger partial charge in [-0.2, -0.15) is 65.4 Å². The molecule has 0 aliphatic carbocycles. The van der Waals surface area contributed by atoms with Crippen LogP contribution in [-0.4, -0.2) is 301 Å². The monoisotopic (exact) mass is 1970 g/mol. The van der Waals surface area contributed by atoms with Crippen molar-refractivity contribution in [3.63, 3.8) is 0 Å². The maximum Gasteiger partial charge on any atom is 0.319 e. The van der Waals surface area contributed by atoms with Crippen molar-refractivity contribution >= 4 is 46.7 Å². The Kier molecular flexibility index (Phi) is 32.9. The number of methoxy groups -OCH3 is 1. The number of aliphatic hydroxyl groups is 2. The van der Waals surface area contributed by atoms with Crippen LogP contribution in [0.3, 0.4) is 0 Å². The van der Waals surface area contributed by atoms with Crippen LogP contribution < -0.4 is 50.3 Å². The number of nitrogens with one attached hydrogen (secondary N) is 3. The summed E-state index contributed by atoms with van der Waals surface area (Å²) in [6.07, 6.45) is 21.0. The van der Waals surface area contributed by atoms with Gasteiger partial charge in [-0.3, -0.25) is 20.1 Å². The lowest BCUT2D eigenvalue weighted by molar-refractivity contribution is 0.0645. The summed E-state index contributed by atoms with van der Waals surface area (Å²) in [4.78, 5) is 69.8. The van der Waals surface area contributed by atoms with E-state index in [4.69, 9.17) is 78.9 Å². The van der Waals surface area contributed by atoms with Crippen LogP contribution in [0.15, 0.2) is 232 Å². The lowest BCUT2D eigenvalue weighted by Crippen LogP contribution is -2.37. The summed E-state index contributed by atoms with van der Waals surface area (Å²) in [5.74, 6) is 9.08. The zero-order valence-electron chi connectivity index (χ0n) is 82.1. The first-order chi connectivity index (χ1) is 71.7. The Morgan fingerprint density at radius 1 is 0.438 bits per heavy atom. The van der Waals surface area contributed by atoms with Gasteiger partial charge in [-0.25, -0.2) is 28.7 Å². The summed E-state index contributed by atoms with van der Waals surface area (Å²) < 4.78 is 51.2. The highest BCUT2D eigenvalue weighted by molar-refractivity contribution is 5.66. The Hall–Kier alpha value is -15.8. The van der Waals surface area contributed by atoms with Crippen molar-refractivity contribution < 1.29 is 48.1 Å². The van der Waals surface area contributed by atoms with Gasteiger partial charge in [-0.05, 0) is 119 Å². The van der Waals surface area contributed by atoms with Gasteiger partial charge in [0.25, 0.3) is 11.9 Å². The summed E-state index contributed by atoms with van der Waals surface area (Å²) in [6.45, 7) is 22.0. The van der Waals surface area contributed by atoms with E-state index in [0.717, 1.165) is 231 Å². The zero-order chi connectivity index (χ0) is 99.7. The first kappa shape index (κ1) is 99.0. The van der Waals surface area contributed by atoms with E-state index in [2.05, 4.69) is 165 Å². The number of H-pyrrole nitrogens is 1. The molecule has 0 amide bonds. The molecule has 2 unspecified atom stereocenters. The lowest BCUT2D eigenvalue weighted by atomic mass is 10.1. The van der Waals surface area contributed by atoms with Gasteiger partial charge in [0, 0.05) is 212 Å². The summed E-state index contributed by atoms with van der Waals surface area (Å²) in [6, 6.07) is 58.6. The van der Waals surface area contributed by atoms with Crippen molar-refractivity contribution in [3.8, 4) is 91.7 Å². The Bertz CT molecular complexity index is 6700. The minimum atomic E-state index is -1.14. The molecule has 4 aromatic carbocycles. The van der Waals surface area contributed by atoms with Crippen LogP contribution >= 0.6 is 0 Å². The molecule has 0 saturated carbocycles. The topological polar surface area (TPSA) is 448 Å². The second kappa shape index (κ2) is 48.5. The van der Waals surface area contributed by atoms with Gasteiger partial charge < -0.3 is 89.0 Å². The van der Waals surface area contributed by atoms with Crippen LogP contribution in [0.2, 0.25) is 0 Å². The standard InChI is InChI=1S/C25H27N7O.C24H26N8O.C22H25N5O3.C18H20N6O2.C16H21N5O3/c1-19-5-4-6-20(17-19)22-9-12-32(30-22)25-28-23(27-11-8-21-7-2-3-10-26-21)18-24(29-25)31-13-15-33-16-14-31;1-18-3-2-4-19(15-18)21-6-10-32(30-21)24-28-22(27-7-5-20-17-25-8-9-26-20)16-23(29-24)31-11-13-33-14-12-31;1-14-3-2-4-15(11-14)16-5-9-27(25-16)21-12-20(23-22(24-21)18(29)13-28)26-8-6-19-17(26)7-10-30-19;1-25-14-4-2-3-13(11-14)15-5-6-24(22-15)17-12-16(20-18(19)21-17)23-7-9-26-10-8-23;1-2-12(23-7-1)11-24-16-18-14(13-3-4-17-20-13)10-15(19-16)21-5-8-22-9-6-21/h2-7,9-10,12,17-18H,8,11,13-16H2,1H3,(H,27,28,29);2-4,6,8-10,15-17H,5,7,11-14H2,1H3,(H,27,28,29);2-5,9,11-12,17-19,28-29H,6-8,10,13H2,1H3;2-6,11-12H,7-10H2,1H3,(H2,19,20,21);3-4,10,12H,1-2,5-9,11H2,(H,17,20)/t;;17-,18?,19-;;/m..1../s1. The molecule has 4 atom stereocenters. The molecule has 41 heteroatoms. The SMILES string of the molecule is COc1cccc(-c2ccn(-c3cc(N4CCOCC4)nc(N)n3)n2)c1.Cc1cccc(-c2ccn(-c3cc(N4CC[C@H]5OCC[C@H]54)nc(C(O)CO)n3)n2)c1.Cc1cccc(-c2ccn(-c3nc(NCCc4ccccn4)cc(N4CCOCC4)n3)n2)c1.Cc1cccc(-c2ccn(-c3nc(NCCc4cnccn4)cc(N4CCOCC4)n3)n2)c1.c1cc(-c2cc(N3CCOCC3)nc(OCC3CCCO3)n2)[nH]n1. The second-order valence-corrected chi connectivity index (χ2v) is 35.7. The van der Waals surface area contributed by atoms with Crippen LogP contribution in [0.25, 0.3) is 79.9 Å². The van der Waals surface area contributed by atoms with Gasteiger partial charge in [-0.15, -0.1) is 0 Å². The highest BCUT2D eigenvalue weighted by Crippen LogP contribution is 2.36. The van der Waals surface area contributed by atoms with Gasteiger partial charge in [0.2, 0.25) is 5.95 Å². The molecule has 41 nitrogen and oxygen atoms in total. The molecule has 19 heterocycles. The number of hydrogen-bond acceptors (Lipinski definition) is 36. The van der Waals surface area contributed by atoms with Crippen LogP contribution in [0.5, 0.6) is 11.8 Å². The molecule has 0 spiro atoms. The maximum absolute atomic E-state index is 10.2.